The van der Waals surface area contributed by atoms with E-state index in [4.69, 9.17) is 5.26 Å². The van der Waals surface area contributed by atoms with Gasteiger partial charge in [0.15, 0.2) is 0 Å². The summed E-state index contributed by atoms with van der Waals surface area (Å²) in [5.74, 6) is -0.847. The molecule has 20 heavy (non-hydrogen) atoms. The molecular formula is C14H15N3O3. The molecular weight excluding hydrogens is 258 g/mol. The summed E-state index contributed by atoms with van der Waals surface area (Å²) in [6.07, 6.45) is 8.67. The zero-order chi connectivity index (χ0) is 14.5. The average molecular weight is 273 g/mol. The summed E-state index contributed by atoms with van der Waals surface area (Å²) in [6.45, 7) is 0. The number of carbonyl (C=O) groups is 3. The number of allylic oxidation sites excluding steroid dienone is 3. The maximum atomic E-state index is 11.4. The minimum atomic E-state index is -0.795. The van der Waals surface area contributed by atoms with Crippen LogP contribution in [0.2, 0.25) is 0 Å². The number of hydrogen-bond donors (Lipinski definition) is 2. The molecule has 6 heteroatoms. The summed E-state index contributed by atoms with van der Waals surface area (Å²) < 4.78 is 0. The Morgan fingerprint density at radius 1 is 1.05 bits per heavy atom. The van der Waals surface area contributed by atoms with Gasteiger partial charge in [-0.2, -0.15) is 5.26 Å². The summed E-state index contributed by atoms with van der Waals surface area (Å²) in [7, 11) is 0. The molecule has 0 atom stereocenters. The molecule has 2 rings (SSSR count). The molecule has 0 aromatic carbocycles. The van der Waals surface area contributed by atoms with E-state index in [1.54, 1.807) is 6.08 Å². The zero-order valence-corrected chi connectivity index (χ0v) is 10.9. The van der Waals surface area contributed by atoms with E-state index in [1.165, 1.54) is 6.08 Å². The van der Waals surface area contributed by atoms with E-state index < -0.39 is 17.8 Å². The van der Waals surface area contributed by atoms with Crippen LogP contribution in [0.3, 0.4) is 0 Å². The lowest BCUT2D eigenvalue weighted by molar-refractivity contribution is -0.124. The van der Waals surface area contributed by atoms with Gasteiger partial charge in [0, 0.05) is 5.92 Å². The van der Waals surface area contributed by atoms with Gasteiger partial charge in [0.25, 0.3) is 11.8 Å². The number of hydrogen-bond acceptors (Lipinski definition) is 4. The van der Waals surface area contributed by atoms with E-state index in [9.17, 15) is 14.4 Å². The van der Waals surface area contributed by atoms with E-state index in [0.717, 1.165) is 25.7 Å². The molecule has 0 unspecified atom stereocenters. The first kappa shape index (κ1) is 14.0. The number of barbiturate groups is 1. The van der Waals surface area contributed by atoms with Crippen molar-refractivity contribution >= 4 is 17.8 Å². The average Bonchev–Trinajstić information content (AvgIpc) is 2.42. The molecule has 4 amide bonds. The van der Waals surface area contributed by atoms with Gasteiger partial charge in [0.2, 0.25) is 0 Å². The van der Waals surface area contributed by atoms with Crippen molar-refractivity contribution in [2.24, 2.45) is 11.8 Å². The number of nitrogens with one attached hydrogen (secondary N) is 2. The first-order chi connectivity index (χ1) is 9.60. The van der Waals surface area contributed by atoms with Crippen molar-refractivity contribution in [3.63, 3.8) is 0 Å². The van der Waals surface area contributed by atoms with Crippen LogP contribution in [0, 0.1) is 23.2 Å². The molecule has 1 saturated carbocycles. The van der Waals surface area contributed by atoms with Crippen molar-refractivity contribution in [1.82, 2.24) is 10.6 Å². The lowest BCUT2D eigenvalue weighted by Crippen LogP contribution is -2.51. The number of carbonyl (C=O) groups excluding carboxylic acids is 3. The molecule has 1 saturated heterocycles. The highest BCUT2D eigenvalue weighted by Gasteiger charge is 2.27. The molecule has 0 aromatic heterocycles. The predicted octanol–water partition coefficient (Wildman–Crippen LogP) is 1.16. The minimum Gasteiger partial charge on any atom is -0.273 e. The van der Waals surface area contributed by atoms with Gasteiger partial charge in [0.05, 0.1) is 6.07 Å². The molecule has 6 nitrogen and oxygen atoms in total. The third-order valence-corrected chi connectivity index (χ3v) is 3.54. The standard InChI is InChI=1S/C14H15N3O3/c15-8-10-6-4-9(5-7-10)2-1-3-11-12(18)16-14(20)17-13(11)19/h1-3,9-10H,4-7H2,(H2,16,17,18,19,20)/b2-1+. The first-order valence-corrected chi connectivity index (χ1v) is 6.55. The van der Waals surface area contributed by atoms with Crippen LogP contribution in [0.1, 0.15) is 25.7 Å². The zero-order valence-electron chi connectivity index (χ0n) is 10.9. The highest BCUT2D eigenvalue weighted by atomic mass is 16.2. The fourth-order valence-corrected chi connectivity index (χ4v) is 2.38. The van der Waals surface area contributed by atoms with Crippen molar-refractivity contribution in [2.75, 3.05) is 0 Å². The third-order valence-electron chi connectivity index (χ3n) is 3.54. The number of urea groups is 1. The Bertz CT molecular complexity index is 512. The van der Waals surface area contributed by atoms with Gasteiger partial charge in [-0.05, 0) is 37.7 Å². The van der Waals surface area contributed by atoms with Gasteiger partial charge in [-0.1, -0.05) is 12.2 Å². The largest absolute Gasteiger partial charge is 0.328 e. The van der Waals surface area contributed by atoms with E-state index >= 15 is 0 Å². The van der Waals surface area contributed by atoms with Crippen LogP contribution in [0.25, 0.3) is 0 Å². The molecule has 1 aliphatic carbocycles. The van der Waals surface area contributed by atoms with Crippen molar-refractivity contribution in [3.8, 4) is 6.07 Å². The number of rotatable bonds is 2. The van der Waals surface area contributed by atoms with Crippen molar-refractivity contribution in [3.05, 3.63) is 23.8 Å². The fraction of sp³-hybridized carbons (Fsp3) is 0.429. The van der Waals surface area contributed by atoms with E-state index in [0.29, 0.717) is 5.92 Å². The monoisotopic (exact) mass is 273 g/mol. The Balaban J connectivity index is 1.94. The van der Waals surface area contributed by atoms with Crippen LogP contribution < -0.4 is 10.6 Å². The van der Waals surface area contributed by atoms with Crippen LogP contribution in [0.4, 0.5) is 4.79 Å². The summed E-state index contributed by atoms with van der Waals surface area (Å²) >= 11 is 0. The molecule has 1 aliphatic heterocycles. The molecule has 0 aromatic rings. The van der Waals surface area contributed by atoms with Crippen LogP contribution in [0.5, 0.6) is 0 Å². The Morgan fingerprint density at radius 3 is 2.20 bits per heavy atom. The van der Waals surface area contributed by atoms with Crippen LogP contribution in [-0.4, -0.2) is 17.8 Å². The van der Waals surface area contributed by atoms with Crippen molar-refractivity contribution < 1.29 is 14.4 Å². The smallest absolute Gasteiger partial charge is 0.273 e. The highest BCUT2D eigenvalue weighted by molar-refractivity contribution is 6.28. The molecule has 2 aliphatic rings. The summed E-state index contributed by atoms with van der Waals surface area (Å²) in [4.78, 5) is 33.8. The van der Waals surface area contributed by atoms with E-state index in [2.05, 4.69) is 6.07 Å². The van der Waals surface area contributed by atoms with Gasteiger partial charge < -0.3 is 0 Å². The molecule has 2 N–H and O–H groups in total. The lowest BCUT2D eigenvalue weighted by atomic mass is 9.82. The van der Waals surface area contributed by atoms with Crippen LogP contribution in [0.15, 0.2) is 23.8 Å². The van der Waals surface area contributed by atoms with Gasteiger partial charge in [-0.25, -0.2) is 4.79 Å². The van der Waals surface area contributed by atoms with Gasteiger partial charge in [-0.15, -0.1) is 0 Å². The Hall–Kier alpha value is -2.42. The third kappa shape index (κ3) is 3.32. The maximum absolute atomic E-state index is 11.4. The second-order valence-corrected chi connectivity index (χ2v) is 4.94. The fourth-order valence-electron chi connectivity index (χ4n) is 2.38. The highest BCUT2D eigenvalue weighted by Crippen LogP contribution is 2.29. The summed E-state index contributed by atoms with van der Waals surface area (Å²) in [6, 6.07) is 1.48. The SMILES string of the molecule is N#CC1CCC(/C=C/C=C2C(=O)NC(=O)NC2=O)CC1. The molecule has 104 valence electrons. The Kier molecular flexibility index (Phi) is 4.31. The molecule has 0 radical (unpaired) electrons. The van der Waals surface area contributed by atoms with E-state index in [1.807, 2.05) is 16.7 Å². The number of amides is 4. The molecule has 0 spiro atoms. The molecule has 0 bridgehead atoms. The second kappa shape index (κ2) is 6.15. The number of nitriles is 1. The Labute approximate surface area is 116 Å². The minimum absolute atomic E-state index is 0.0773. The lowest BCUT2D eigenvalue weighted by Gasteiger charge is -2.21. The maximum Gasteiger partial charge on any atom is 0.328 e. The summed E-state index contributed by atoms with van der Waals surface area (Å²) in [5.41, 5.74) is -0.0773. The van der Waals surface area contributed by atoms with Gasteiger partial charge >= 0.3 is 6.03 Å². The molecule has 2 fully saturated rings. The van der Waals surface area contributed by atoms with Crippen molar-refractivity contribution in [1.29, 1.82) is 5.26 Å². The molecule has 1 heterocycles. The van der Waals surface area contributed by atoms with Gasteiger partial charge in [0.1, 0.15) is 5.57 Å². The van der Waals surface area contributed by atoms with Gasteiger partial charge in [-0.3, -0.25) is 20.2 Å². The summed E-state index contributed by atoms with van der Waals surface area (Å²) in [5, 5.41) is 12.8. The van der Waals surface area contributed by atoms with Crippen LogP contribution in [-0.2, 0) is 9.59 Å². The topological polar surface area (TPSA) is 99.1 Å². The normalized spacial score (nSPS) is 26.9. The van der Waals surface area contributed by atoms with Crippen LogP contribution >= 0.6 is 0 Å². The number of imide groups is 2. The van der Waals surface area contributed by atoms with E-state index in [-0.39, 0.29) is 11.5 Å². The van der Waals surface area contributed by atoms with Crippen molar-refractivity contribution in [2.45, 2.75) is 25.7 Å². The Morgan fingerprint density at radius 2 is 1.65 bits per heavy atom. The second-order valence-electron chi connectivity index (χ2n) is 4.94. The predicted molar refractivity (Wildman–Crippen MR) is 70.0 cm³/mol. The quantitative estimate of drug-likeness (QED) is 0.582. The number of nitrogens with zero attached hydrogens (tertiary/aromatic N) is 1. The first-order valence-electron chi connectivity index (χ1n) is 6.55.